The van der Waals surface area contributed by atoms with E-state index in [1.165, 1.54) is 12.3 Å². The predicted octanol–water partition coefficient (Wildman–Crippen LogP) is 4.71. The highest BCUT2D eigenvalue weighted by atomic mass is 35.5. The summed E-state index contributed by atoms with van der Waals surface area (Å²) in [4.78, 5) is 24.0. The highest BCUT2D eigenvalue weighted by Gasteiger charge is 2.09. The van der Waals surface area contributed by atoms with Crippen LogP contribution in [0.3, 0.4) is 0 Å². The highest BCUT2D eigenvalue weighted by Crippen LogP contribution is 2.17. The number of aryl methyl sites for hydroxylation is 2. The van der Waals surface area contributed by atoms with Crippen LogP contribution in [-0.4, -0.2) is 24.7 Å². The van der Waals surface area contributed by atoms with Gasteiger partial charge in [-0.1, -0.05) is 23.7 Å². The zero-order valence-corrected chi connectivity index (χ0v) is 17.8. The zero-order chi connectivity index (χ0) is 22.2. The van der Waals surface area contributed by atoms with Gasteiger partial charge < -0.3 is 9.47 Å². The molecule has 0 fully saturated rings. The Hall–Kier alpha value is -3.64. The SMILES string of the molecule is Cc1ccc(OCC(=O)N/N=C/c2ccc(OC(=O)c3cccc(Cl)c3)cc2)cc1C. The molecule has 0 aromatic heterocycles. The van der Waals surface area contributed by atoms with E-state index in [1.54, 1.807) is 42.5 Å². The lowest BCUT2D eigenvalue weighted by Crippen LogP contribution is -2.24. The molecule has 0 unspecified atom stereocenters. The van der Waals surface area contributed by atoms with E-state index >= 15 is 0 Å². The fraction of sp³-hybridized carbons (Fsp3) is 0.125. The van der Waals surface area contributed by atoms with Gasteiger partial charge in [0.05, 0.1) is 11.8 Å². The predicted molar refractivity (Wildman–Crippen MR) is 120 cm³/mol. The van der Waals surface area contributed by atoms with Crippen molar-refractivity contribution in [2.45, 2.75) is 13.8 Å². The molecule has 3 aromatic carbocycles. The van der Waals surface area contributed by atoms with E-state index in [-0.39, 0.29) is 12.5 Å². The number of benzene rings is 3. The second-order valence-electron chi connectivity index (χ2n) is 6.80. The molecule has 1 N–H and O–H groups in total. The van der Waals surface area contributed by atoms with E-state index in [1.807, 2.05) is 32.0 Å². The number of esters is 1. The minimum atomic E-state index is -0.500. The maximum atomic E-state index is 12.1. The molecule has 31 heavy (non-hydrogen) atoms. The molecule has 1 amide bonds. The maximum Gasteiger partial charge on any atom is 0.343 e. The molecule has 3 aromatic rings. The molecule has 0 spiro atoms. The molecular formula is C24H21ClN2O4. The quantitative estimate of drug-likeness (QED) is 0.252. The average Bonchev–Trinajstić information content (AvgIpc) is 2.76. The van der Waals surface area contributed by atoms with E-state index in [4.69, 9.17) is 21.1 Å². The summed E-state index contributed by atoms with van der Waals surface area (Å²) in [5.74, 6) is 0.139. The number of ether oxygens (including phenoxy) is 2. The third kappa shape index (κ3) is 6.69. The molecule has 0 atom stereocenters. The summed E-state index contributed by atoms with van der Waals surface area (Å²) in [5.41, 5.74) is 5.75. The van der Waals surface area contributed by atoms with Crippen molar-refractivity contribution in [3.8, 4) is 11.5 Å². The van der Waals surface area contributed by atoms with E-state index in [0.717, 1.165) is 16.7 Å². The van der Waals surface area contributed by atoms with Gasteiger partial charge in [0, 0.05) is 5.02 Å². The van der Waals surface area contributed by atoms with Gasteiger partial charge >= 0.3 is 5.97 Å². The minimum absolute atomic E-state index is 0.141. The van der Waals surface area contributed by atoms with Crippen molar-refractivity contribution in [3.63, 3.8) is 0 Å². The van der Waals surface area contributed by atoms with Crippen LogP contribution in [0.2, 0.25) is 5.02 Å². The van der Waals surface area contributed by atoms with Gasteiger partial charge in [-0.05, 0) is 85.1 Å². The molecule has 0 bridgehead atoms. The van der Waals surface area contributed by atoms with Gasteiger partial charge in [0.25, 0.3) is 5.91 Å². The lowest BCUT2D eigenvalue weighted by atomic mass is 10.1. The van der Waals surface area contributed by atoms with Crippen molar-refractivity contribution < 1.29 is 19.1 Å². The Morgan fingerprint density at radius 1 is 0.968 bits per heavy atom. The Balaban J connectivity index is 1.47. The summed E-state index contributed by atoms with van der Waals surface area (Å²) in [6.45, 7) is 3.85. The number of hydrogen-bond acceptors (Lipinski definition) is 5. The van der Waals surface area contributed by atoms with Crippen molar-refractivity contribution in [2.75, 3.05) is 6.61 Å². The number of rotatable bonds is 7. The van der Waals surface area contributed by atoms with Crippen LogP contribution in [0.4, 0.5) is 0 Å². The fourth-order valence-electron chi connectivity index (χ4n) is 2.57. The Bertz CT molecular complexity index is 1110. The zero-order valence-electron chi connectivity index (χ0n) is 17.1. The number of nitrogens with one attached hydrogen (secondary N) is 1. The fourth-order valence-corrected chi connectivity index (χ4v) is 2.76. The van der Waals surface area contributed by atoms with E-state index in [9.17, 15) is 9.59 Å². The first kappa shape index (κ1) is 22.1. The Labute approximate surface area is 185 Å². The van der Waals surface area contributed by atoms with Crippen LogP contribution >= 0.6 is 11.6 Å². The van der Waals surface area contributed by atoms with Gasteiger partial charge in [0.2, 0.25) is 0 Å². The summed E-state index contributed by atoms with van der Waals surface area (Å²) in [6, 6.07) is 18.9. The molecule has 0 saturated carbocycles. The number of hydrazone groups is 1. The molecule has 0 heterocycles. The molecule has 6 nitrogen and oxygen atoms in total. The molecule has 0 saturated heterocycles. The van der Waals surface area contributed by atoms with Crippen LogP contribution < -0.4 is 14.9 Å². The summed E-state index contributed by atoms with van der Waals surface area (Å²) in [6.07, 6.45) is 1.48. The number of amides is 1. The number of hydrogen-bond donors (Lipinski definition) is 1. The van der Waals surface area contributed by atoms with Crippen molar-refractivity contribution in [3.05, 3.63) is 94.0 Å². The van der Waals surface area contributed by atoms with Crippen molar-refractivity contribution in [1.82, 2.24) is 5.43 Å². The molecule has 0 aliphatic rings. The second-order valence-corrected chi connectivity index (χ2v) is 7.23. The Morgan fingerprint density at radius 2 is 1.71 bits per heavy atom. The monoisotopic (exact) mass is 436 g/mol. The third-order valence-corrected chi connectivity index (χ3v) is 4.64. The van der Waals surface area contributed by atoms with Crippen LogP contribution in [0.1, 0.15) is 27.0 Å². The minimum Gasteiger partial charge on any atom is -0.484 e. The average molecular weight is 437 g/mol. The summed E-state index contributed by atoms with van der Waals surface area (Å²) in [7, 11) is 0. The smallest absolute Gasteiger partial charge is 0.343 e. The van der Waals surface area contributed by atoms with Gasteiger partial charge in [-0.2, -0.15) is 5.10 Å². The van der Waals surface area contributed by atoms with E-state index < -0.39 is 5.97 Å². The van der Waals surface area contributed by atoms with Crippen molar-refractivity contribution >= 4 is 29.7 Å². The van der Waals surface area contributed by atoms with Crippen molar-refractivity contribution in [1.29, 1.82) is 0 Å². The molecule has 0 radical (unpaired) electrons. The first-order chi connectivity index (χ1) is 14.9. The maximum absolute atomic E-state index is 12.1. The van der Waals surface area contributed by atoms with Crippen LogP contribution in [0.5, 0.6) is 11.5 Å². The Kier molecular flexibility index (Phi) is 7.40. The van der Waals surface area contributed by atoms with Crippen LogP contribution in [0, 0.1) is 13.8 Å². The molecule has 7 heteroatoms. The standard InChI is InChI=1S/C24H21ClN2O4/c1-16-6-9-22(12-17(16)2)30-15-23(28)27-26-14-18-7-10-21(11-8-18)31-24(29)19-4-3-5-20(25)13-19/h3-14H,15H2,1-2H3,(H,27,28)/b26-14+. The van der Waals surface area contributed by atoms with E-state index in [0.29, 0.717) is 22.1 Å². The lowest BCUT2D eigenvalue weighted by molar-refractivity contribution is -0.123. The largest absolute Gasteiger partial charge is 0.484 e. The Morgan fingerprint density at radius 3 is 2.42 bits per heavy atom. The molecule has 0 aliphatic carbocycles. The highest BCUT2D eigenvalue weighted by molar-refractivity contribution is 6.30. The number of halogens is 1. The number of carbonyl (C=O) groups is 2. The van der Waals surface area contributed by atoms with Crippen LogP contribution in [0.15, 0.2) is 71.8 Å². The van der Waals surface area contributed by atoms with Gasteiger partial charge in [-0.25, -0.2) is 10.2 Å². The third-order valence-electron chi connectivity index (χ3n) is 4.40. The first-order valence-corrected chi connectivity index (χ1v) is 9.88. The normalized spacial score (nSPS) is 10.7. The molecule has 158 valence electrons. The van der Waals surface area contributed by atoms with Crippen LogP contribution in [-0.2, 0) is 4.79 Å². The van der Waals surface area contributed by atoms with Gasteiger partial charge in [-0.3, -0.25) is 4.79 Å². The number of carbonyl (C=O) groups excluding carboxylic acids is 2. The summed E-state index contributed by atoms with van der Waals surface area (Å²) >= 11 is 5.89. The summed E-state index contributed by atoms with van der Waals surface area (Å²) in [5, 5.41) is 4.37. The van der Waals surface area contributed by atoms with Gasteiger partial charge in [0.1, 0.15) is 11.5 Å². The lowest BCUT2D eigenvalue weighted by Gasteiger charge is -2.07. The molecular weight excluding hydrogens is 416 g/mol. The van der Waals surface area contributed by atoms with E-state index in [2.05, 4.69) is 10.5 Å². The number of nitrogens with zero attached hydrogens (tertiary/aromatic N) is 1. The first-order valence-electron chi connectivity index (χ1n) is 9.50. The van der Waals surface area contributed by atoms with Crippen LogP contribution in [0.25, 0.3) is 0 Å². The summed E-state index contributed by atoms with van der Waals surface area (Å²) < 4.78 is 10.8. The van der Waals surface area contributed by atoms with Gasteiger partial charge in [0.15, 0.2) is 6.61 Å². The van der Waals surface area contributed by atoms with Crippen molar-refractivity contribution in [2.24, 2.45) is 5.10 Å². The second kappa shape index (κ2) is 10.4. The molecule has 0 aliphatic heterocycles. The topological polar surface area (TPSA) is 77.0 Å². The van der Waals surface area contributed by atoms with Gasteiger partial charge in [-0.15, -0.1) is 0 Å². The molecule has 3 rings (SSSR count).